The third-order valence-electron chi connectivity index (χ3n) is 3.47. The summed E-state index contributed by atoms with van der Waals surface area (Å²) in [4.78, 5) is 35.8. The molecular weight excluding hydrogens is 226 g/mol. The van der Waals surface area contributed by atoms with E-state index in [-0.39, 0.29) is 24.9 Å². The lowest BCUT2D eigenvalue weighted by molar-refractivity contribution is -0.155. The summed E-state index contributed by atoms with van der Waals surface area (Å²) in [5, 5.41) is 9.02. The number of esters is 1. The molecule has 0 aromatic rings. The molecule has 2 fully saturated rings. The number of carbonyl (C=O) groups is 3. The van der Waals surface area contributed by atoms with Crippen molar-refractivity contribution in [1.82, 2.24) is 4.90 Å². The molecule has 94 valence electrons. The zero-order chi connectivity index (χ0) is 12.6. The Bertz CT molecular complexity index is 367. The Labute approximate surface area is 98.5 Å². The maximum absolute atomic E-state index is 12.0. The van der Waals surface area contributed by atoms with Gasteiger partial charge in [-0.25, -0.2) is 4.79 Å². The van der Waals surface area contributed by atoms with Gasteiger partial charge in [-0.3, -0.25) is 14.5 Å². The van der Waals surface area contributed by atoms with Crippen LogP contribution in [0, 0.1) is 5.92 Å². The molecule has 0 saturated carbocycles. The Morgan fingerprint density at radius 2 is 2.18 bits per heavy atom. The van der Waals surface area contributed by atoms with Crippen LogP contribution >= 0.6 is 0 Å². The van der Waals surface area contributed by atoms with Crippen LogP contribution in [0.25, 0.3) is 0 Å². The molecule has 6 heteroatoms. The van der Waals surface area contributed by atoms with Crippen LogP contribution in [0.1, 0.15) is 26.2 Å². The van der Waals surface area contributed by atoms with E-state index >= 15 is 0 Å². The summed E-state index contributed by atoms with van der Waals surface area (Å²) in [6, 6.07) is -0.870. The number of ether oxygens (including phenoxy) is 1. The first-order valence-corrected chi connectivity index (χ1v) is 5.77. The zero-order valence-corrected chi connectivity index (χ0v) is 9.59. The summed E-state index contributed by atoms with van der Waals surface area (Å²) in [7, 11) is 0. The van der Waals surface area contributed by atoms with Gasteiger partial charge >= 0.3 is 12.1 Å². The predicted octanol–water partition coefficient (Wildman–Crippen LogP) is 0.650. The van der Waals surface area contributed by atoms with E-state index < -0.39 is 24.0 Å². The van der Waals surface area contributed by atoms with Crippen LogP contribution in [-0.2, 0) is 14.3 Å². The molecule has 0 radical (unpaired) electrons. The lowest BCUT2D eigenvalue weighted by Gasteiger charge is -2.34. The third kappa shape index (κ3) is 1.87. The number of ketones is 1. The minimum Gasteiger partial charge on any atom is -0.465 e. The highest BCUT2D eigenvalue weighted by Gasteiger charge is 2.51. The molecule has 2 bridgehead atoms. The smallest absolute Gasteiger partial charge is 0.408 e. The van der Waals surface area contributed by atoms with E-state index in [2.05, 4.69) is 0 Å². The minimum absolute atomic E-state index is 0.218. The topological polar surface area (TPSA) is 83.9 Å². The van der Waals surface area contributed by atoms with E-state index in [9.17, 15) is 14.4 Å². The van der Waals surface area contributed by atoms with Gasteiger partial charge in [0.1, 0.15) is 5.92 Å². The molecule has 17 heavy (non-hydrogen) atoms. The van der Waals surface area contributed by atoms with Gasteiger partial charge in [0.15, 0.2) is 5.78 Å². The largest absolute Gasteiger partial charge is 0.465 e. The summed E-state index contributed by atoms with van der Waals surface area (Å²) in [5.74, 6) is -1.60. The molecule has 0 aliphatic carbocycles. The molecule has 6 nitrogen and oxygen atoms in total. The maximum Gasteiger partial charge on any atom is 0.408 e. The summed E-state index contributed by atoms with van der Waals surface area (Å²) in [6.45, 7) is 1.92. The molecule has 2 heterocycles. The average molecular weight is 241 g/mol. The van der Waals surface area contributed by atoms with Crippen molar-refractivity contribution in [2.24, 2.45) is 5.92 Å². The lowest BCUT2D eigenvalue weighted by Crippen LogP contribution is -2.53. The van der Waals surface area contributed by atoms with E-state index in [0.29, 0.717) is 12.8 Å². The Balaban J connectivity index is 2.16. The van der Waals surface area contributed by atoms with Crippen molar-refractivity contribution in [3.05, 3.63) is 0 Å². The van der Waals surface area contributed by atoms with Gasteiger partial charge in [-0.05, 0) is 26.2 Å². The van der Waals surface area contributed by atoms with E-state index in [0.717, 1.165) is 0 Å². The maximum atomic E-state index is 12.0. The molecule has 0 aromatic carbocycles. The quantitative estimate of drug-likeness (QED) is 0.566. The number of amides is 1. The second-order valence-corrected chi connectivity index (χ2v) is 4.38. The normalized spacial score (nSPS) is 31.5. The highest BCUT2D eigenvalue weighted by Crippen LogP contribution is 2.36. The molecule has 2 rings (SSSR count). The fourth-order valence-corrected chi connectivity index (χ4v) is 2.76. The summed E-state index contributed by atoms with van der Waals surface area (Å²) in [5.41, 5.74) is 0. The van der Waals surface area contributed by atoms with Crippen molar-refractivity contribution in [2.45, 2.75) is 38.3 Å². The third-order valence-corrected chi connectivity index (χ3v) is 3.47. The first kappa shape index (κ1) is 11.9. The van der Waals surface area contributed by atoms with Crippen molar-refractivity contribution in [1.29, 1.82) is 0 Å². The van der Waals surface area contributed by atoms with Gasteiger partial charge in [0.05, 0.1) is 12.6 Å². The summed E-state index contributed by atoms with van der Waals surface area (Å²) in [6.07, 6.45) is 0.360. The Morgan fingerprint density at radius 1 is 1.47 bits per heavy atom. The molecule has 1 amide bonds. The molecule has 1 N–H and O–H groups in total. The van der Waals surface area contributed by atoms with Crippen LogP contribution < -0.4 is 0 Å². The summed E-state index contributed by atoms with van der Waals surface area (Å²) >= 11 is 0. The lowest BCUT2D eigenvalue weighted by atomic mass is 9.89. The van der Waals surface area contributed by atoms with Crippen molar-refractivity contribution >= 4 is 17.8 Å². The Kier molecular flexibility index (Phi) is 3.04. The number of hydrogen-bond donors (Lipinski definition) is 1. The number of hydrogen-bond acceptors (Lipinski definition) is 4. The van der Waals surface area contributed by atoms with Gasteiger partial charge < -0.3 is 9.84 Å². The number of rotatable bonds is 2. The molecule has 2 aliphatic heterocycles. The average Bonchev–Trinajstić information content (AvgIpc) is 2.61. The van der Waals surface area contributed by atoms with Crippen molar-refractivity contribution in [3.8, 4) is 0 Å². The van der Waals surface area contributed by atoms with Crippen molar-refractivity contribution < 1.29 is 24.2 Å². The fourth-order valence-electron chi connectivity index (χ4n) is 2.76. The minimum atomic E-state index is -1.08. The van der Waals surface area contributed by atoms with Crippen LogP contribution in [0.15, 0.2) is 0 Å². The number of nitrogens with zero attached hydrogens (tertiary/aromatic N) is 1. The first-order valence-electron chi connectivity index (χ1n) is 5.77. The molecule has 0 spiro atoms. The summed E-state index contributed by atoms with van der Waals surface area (Å²) < 4.78 is 4.85. The van der Waals surface area contributed by atoms with Crippen LogP contribution in [-0.4, -0.2) is 46.5 Å². The van der Waals surface area contributed by atoms with Gasteiger partial charge in [-0.15, -0.1) is 0 Å². The monoisotopic (exact) mass is 241 g/mol. The van der Waals surface area contributed by atoms with E-state index in [1.807, 2.05) is 0 Å². The standard InChI is InChI=1S/C11H15NO5/c1-2-17-10(14)7-5-6-3-4-8(9(7)13)12(6)11(15)16/h6-8H,2-5H2,1H3,(H,15,16). The van der Waals surface area contributed by atoms with Crippen molar-refractivity contribution in [3.63, 3.8) is 0 Å². The highest BCUT2D eigenvalue weighted by atomic mass is 16.5. The number of Topliss-reactive ketones (excluding diaryl/α,β-unsaturated/α-hetero) is 1. The van der Waals surface area contributed by atoms with Gasteiger partial charge in [-0.1, -0.05) is 0 Å². The van der Waals surface area contributed by atoms with Crippen LogP contribution in [0.3, 0.4) is 0 Å². The van der Waals surface area contributed by atoms with E-state index in [1.54, 1.807) is 6.92 Å². The van der Waals surface area contributed by atoms with Gasteiger partial charge in [-0.2, -0.15) is 0 Å². The van der Waals surface area contributed by atoms with Gasteiger partial charge in [0.25, 0.3) is 0 Å². The first-order chi connectivity index (χ1) is 8.06. The number of piperidine rings is 1. The number of carboxylic acid groups (broad SMARTS) is 1. The molecular formula is C11H15NO5. The van der Waals surface area contributed by atoms with Crippen molar-refractivity contribution in [2.75, 3.05) is 6.61 Å². The molecule has 2 aliphatic rings. The zero-order valence-electron chi connectivity index (χ0n) is 9.59. The molecule has 0 aromatic heterocycles. The number of carbonyl (C=O) groups excluding carboxylic acids is 2. The molecule has 3 unspecified atom stereocenters. The number of fused-ring (bicyclic) bond motifs is 2. The Morgan fingerprint density at radius 3 is 2.76 bits per heavy atom. The van der Waals surface area contributed by atoms with Crippen LogP contribution in [0.5, 0.6) is 0 Å². The molecule has 3 atom stereocenters. The van der Waals surface area contributed by atoms with Gasteiger partial charge in [0.2, 0.25) is 0 Å². The predicted molar refractivity (Wildman–Crippen MR) is 56.4 cm³/mol. The van der Waals surface area contributed by atoms with E-state index in [4.69, 9.17) is 9.84 Å². The molecule has 2 saturated heterocycles. The Hall–Kier alpha value is -1.59. The SMILES string of the molecule is CCOC(=O)C1CC2CCC(C1=O)N2C(=O)O. The van der Waals surface area contributed by atoms with Gasteiger partial charge in [0, 0.05) is 6.04 Å². The second-order valence-electron chi connectivity index (χ2n) is 4.38. The van der Waals surface area contributed by atoms with Crippen LogP contribution in [0.2, 0.25) is 0 Å². The second kappa shape index (κ2) is 4.35. The van der Waals surface area contributed by atoms with E-state index in [1.165, 1.54) is 4.90 Å². The van der Waals surface area contributed by atoms with Crippen LogP contribution in [0.4, 0.5) is 4.79 Å². The fraction of sp³-hybridized carbons (Fsp3) is 0.727. The highest BCUT2D eigenvalue weighted by molar-refractivity contribution is 6.04.